The first kappa shape index (κ1) is 17.4. The van der Waals surface area contributed by atoms with Crippen LogP contribution in [0.4, 0.5) is 5.69 Å². The van der Waals surface area contributed by atoms with Gasteiger partial charge in [-0.3, -0.25) is 0 Å². The van der Waals surface area contributed by atoms with Crippen molar-refractivity contribution in [1.82, 2.24) is 0 Å². The maximum Gasteiger partial charge on any atom is 0.119 e. The Hall–Kier alpha value is -2.45. The van der Waals surface area contributed by atoms with E-state index in [0.717, 1.165) is 28.6 Å². The van der Waals surface area contributed by atoms with E-state index in [4.69, 9.17) is 16.3 Å². The molecular weight excluding hydrogens is 330 g/mol. The van der Waals surface area contributed by atoms with E-state index < -0.39 is 0 Å². The number of rotatable bonds is 6. The highest BCUT2D eigenvalue weighted by Crippen LogP contribution is 2.18. The zero-order valence-corrected chi connectivity index (χ0v) is 15.3. The fourth-order valence-electron chi connectivity index (χ4n) is 2.51. The topological polar surface area (TPSA) is 21.3 Å². The molecule has 2 nitrogen and oxygen atoms in total. The van der Waals surface area contributed by atoms with Gasteiger partial charge in [0.2, 0.25) is 0 Å². The number of ether oxygens (including phenoxy) is 1. The summed E-state index contributed by atoms with van der Waals surface area (Å²) < 4.78 is 5.82. The first-order valence-corrected chi connectivity index (χ1v) is 8.75. The number of halogens is 1. The third kappa shape index (κ3) is 5.01. The minimum atomic E-state index is 0.539. The lowest BCUT2D eigenvalue weighted by atomic mass is 10.1. The van der Waals surface area contributed by atoms with Crippen molar-refractivity contribution in [2.24, 2.45) is 0 Å². The average molecular weight is 352 g/mol. The predicted octanol–water partition coefficient (Wildman–Crippen LogP) is 6.15. The highest BCUT2D eigenvalue weighted by molar-refractivity contribution is 6.30. The van der Waals surface area contributed by atoms with Gasteiger partial charge < -0.3 is 10.1 Å². The molecule has 0 spiro atoms. The Bertz CT molecular complexity index is 826. The smallest absolute Gasteiger partial charge is 0.119 e. The second-order valence-electron chi connectivity index (χ2n) is 6.21. The van der Waals surface area contributed by atoms with Crippen molar-refractivity contribution in [3.8, 4) is 5.75 Å². The lowest BCUT2D eigenvalue weighted by molar-refractivity contribution is 0.306. The summed E-state index contributed by atoms with van der Waals surface area (Å²) in [6.45, 7) is 5.59. The Morgan fingerprint density at radius 3 is 2.16 bits per heavy atom. The van der Waals surface area contributed by atoms with Gasteiger partial charge in [-0.1, -0.05) is 41.9 Å². The summed E-state index contributed by atoms with van der Waals surface area (Å²) in [5, 5.41) is 4.20. The van der Waals surface area contributed by atoms with Crippen LogP contribution in [-0.4, -0.2) is 0 Å². The van der Waals surface area contributed by atoms with Crippen LogP contribution in [0.2, 0.25) is 5.02 Å². The lowest BCUT2D eigenvalue weighted by Gasteiger charge is -2.10. The second-order valence-corrected chi connectivity index (χ2v) is 6.65. The summed E-state index contributed by atoms with van der Waals surface area (Å²) in [5.74, 6) is 0.866. The van der Waals surface area contributed by atoms with Gasteiger partial charge in [0.1, 0.15) is 12.4 Å². The largest absolute Gasteiger partial charge is 0.489 e. The molecule has 0 aliphatic carbocycles. The maximum absolute atomic E-state index is 5.89. The van der Waals surface area contributed by atoms with Crippen LogP contribution < -0.4 is 10.1 Å². The van der Waals surface area contributed by atoms with Gasteiger partial charge in [0, 0.05) is 17.3 Å². The zero-order valence-electron chi connectivity index (χ0n) is 14.6. The fourth-order valence-corrected chi connectivity index (χ4v) is 2.63. The minimum Gasteiger partial charge on any atom is -0.489 e. The van der Waals surface area contributed by atoms with Crippen LogP contribution in [0.25, 0.3) is 0 Å². The van der Waals surface area contributed by atoms with E-state index in [2.05, 4.69) is 49.5 Å². The Balaban J connectivity index is 1.53. The molecule has 3 heteroatoms. The van der Waals surface area contributed by atoms with Gasteiger partial charge in [-0.15, -0.1) is 0 Å². The molecule has 0 amide bonds. The summed E-state index contributed by atoms with van der Waals surface area (Å²) in [6.07, 6.45) is 0. The molecule has 0 radical (unpaired) electrons. The number of aryl methyl sites for hydroxylation is 2. The molecule has 3 rings (SSSR count). The molecule has 3 aromatic rings. The van der Waals surface area contributed by atoms with Gasteiger partial charge in [-0.2, -0.15) is 0 Å². The molecule has 0 saturated heterocycles. The summed E-state index contributed by atoms with van der Waals surface area (Å²) in [4.78, 5) is 0. The number of hydrogen-bond donors (Lipinski definition) is 1. The van der Waals surface area contributed by atoms with Gasteiger partial charge in [-0.05, 0) is 72.5 Å². The summed E-state index contributed by atoms with van der Waals surface area (Å²) in [5.41, 5.74) is 6.08. The number of benzene rings is 3. The summed E-state index contributed by atoms with van der Waals surface area (Å²) in [7, 11) is 0. The summed E-state index contributed by atoms with van der Waals surface area (Å²) in [6, 6.07) is 22.3. The number of nitrogens with one attached hydrogen (secondary N) is 1. The SMILES string of the molecule is Cc1ccc(NCc2ccc(OCc3ccc(Cl)cc3)cc2)cc1C. The molecule has 0 heterocycles. The lowest BCUT2D eigenvalue weighted by Crippen LogP contribution is -2.00. The molecule has 0 aliphatic rings. The summed E-state index contributed by atoms with van der Waals surface area (Å²) >= 11 is 5.89. The minimum absolute atomic E-state index is 0.539. The van der Waals surface area contributed by atoms with Gasteiger partial charge in [0.15, 0.2) is 0 Å². The molecule has 3 aromatic carbocycles. The van der Waals surface area contributed by atoms with Crippen molar-refractivity contribution in [3.63, 3.8) is 0 Å². The molecule has 0 saturated carbocycles. The third-order valence-electron chi connectivity index (χ3n) is 4.25. The van der Waals surface area contributed by atoms with E-state index in [9.17, 15) is 0 Å². The van der Waals surface area contributed by atoms with Crippen LogP contribution in [0.5, 0.6) is 5.75 Å². The Morgan fingerprint density at radius 2 is 1.48 bits per heavy atom. The molecule has 0 aromatic heterocycles. The standard InChI is InChI=1S/C22H22ClNO/c1-16-3-10-21(13-17(16)2)24-14-18-6-11-22(12-7-18)25-15-19-4-8-20(23)9-5-19/h3-13,24H,14-15H2,1-2H3. The third-order valence-corrected chi connectivity index (χ3v) is 4.50. The van der Waals surface area contributed by atoms with Gasteiger partial charge >= 0.3 is 0 Å². The Morgan fingerprint density at radius 1 is 0.800 bits per heavy atom. The van der Waals surface area contributed by atoms with Crippen LogP contribution >= 0.6 is 11.6 Å². The Labute approximate surface area is 154 Å². The van der Waals surface area contributed by atoms with Crippen molar-refractivity contribution >= 4 is 17.3 Å². The molecule has 0 aliphatic heterocycles. The second kappa shape index (κ2) is 8.09. The highest BCUT2D eigenvalue weighted by atomic mass is 35.5. The maximum atomic E-state index is 5.89. The molecule has 0 unspecified atom stereocenters. The van der Waals surface area contributed by atoms with Crippen LogP contribution in [0.3, 0.4) is 0 Å². The average Bonchev–Trinajstić information content (AvgIpc) is 2.63. The first-order chi connectivity index (χ1) is 12.1. The molecule has 0 atom stereocenters. The number of hydrogen-bond acceptors (Lipinski definition) is 2. The molecule has 1 N–H and O–H groups in total. The van der Waals surface area contributed by atoms with E-state index in [1.165, 1.54) is 16.7 Å². The van der Waals surface area contributed by atoms with Crippen LogP contribution in [-0.2, 0) is 13.2 Å². The predicted molar refractivity (Wildman–Crippen MR) is 105 cm³/mol. The van der Waals surface area contributed by atoms with Gasteiger partial charge in [0.05, 0.1) is 0 Å². The molecule has 25 heavy (non-hydrogen) atoms. The van der Waals surface area contributed by atoms with Gasteiger partial charge in [0.25, 0.3) is 0 Å². The van der Waals surface area contributed by atoms with Crippen molar-refractivity contribution in [1.29, 1.82) is 0 Å². The van der Waals surface area contributed by atoms with E-state index in [0.29, 0.717) is 6.61 Å². The molecule has 0 fully saturated rings. The molecular formula is C22H22ClNO. The Kier molecular flexibility index (Phi) is 5.62. The van der Waals surface area contributed by atoms with Crippen LogP contribution in [0.1, 0.15) is 22.3 Å². The van der Waals surface area contributed by atoms with Crippen molar-refractivity contribution in [3.05, 3.63) is 94.0 Å². The first-order valence-electron chi connectivity index (χ1n) is 8.37. The van der Waals surface area contributed by atoms with Crippen molar-refractivity contribution < 1.29 is 4.74 Å². The molecule has 128 valence electrons. The highest BCUT2D eigenvalue weighted by Gasteiger charge is 2.00. The van der Waals surface area contributed by atoms with E-state index >= 15 is 0 Å². The fraction of sp³-hybridized carbons (Fsp3) is 0.182. The van der Waals surface area contributed by atoms with Crippen LogP contribution in [0.15, 0.2) is 66.7 Å². The van der Waals surface area contributed by atoms with Crippen LogP contribution in [0, 0.1) is 13.8 Å². The quantitative estimate of drug-likeness (QED) is 0.575. The zero-order chi connectivity index (χ0) is 17.6. The monoisotopic (exact) mass is 351 g/mol. The van der Waals surface area contributed by atoms with Gasteiger partial charge in [-0.25, -0.2) is 0 Å². The van der Waals surface area contributed by atoms with Crippen molar-refractivity contribution in [2.45, 2.75) is 27.0 Å². The van der Waals surface area contributed by atoms with E-state index in [1.807, 2.05) is 36.4 Å². The number of anilines is 1. The van der Waals surface area contributed by atoms with Crippen molar-refractivity contribution in [2.75, 3.05) is 5.32 Å². The van der Waals surface area contributed by atoms with E-state index in [-0.39, 0.29) is 0 Å². The normalized spacial score (nSPS) is 10.5. The van der Waals surface area contributed by atoms with E-state index in [1.54, 1.807) is 0 Å². The molecule has 0 bridgehead atoms.